The lowest BCUT2D eigenvalue weighted by atomic mass is 9.89. The molecule has 1 amide bonds. The first-order valence-electron chi connectivity index (χ1n) is 7.19. The fourth-order valence-corrected chi connectivity index (χ4v) is 3.62. The molecule has 1 aromatic rings. The number of hydrogen-bond donors (Lipinski definition) is 2. The van der Waals surface area contributed by atoms with E-state index < -0.39 is 0 Å². The summed E-state index contributed by atoms with van der Waals surface area (Å²) in [4.78, 5) is 16.2. The van der Waals surface area contributed by atoms with Crippen molar-refractivity contribution < 1.29 is 4.79 Å². The summed E-state index contributed by atoms with van der Waals surface area (Å²) in [5.41, 5.74) is 6.95. The Morgan fingerprint density at radius 3 is 2.84 bits per heavy atom. The van der Waals surface area contributed by atoms with E-state index in [0.29, 0.717) is 18.2 Å². The third-order valence-electron chi connectivity index (χ3n) is 4.70. The Hall–Kier alpha value is -1.42. The Morgan fingerprint density at radius 1 is 1.37 bits per heavy atom. The minimum atomic E-state index is -0.0636. The quantitative estimate of drug-likeness (QED) is 0.865. The van der Waals surface area contributed by atoms with Crippen LogP contribution in [0.1, 0.15) is 41.7 Å². The number of amides is 1. The lowest BCUT2D eigenvalue weighted by molar-refractivity contribution is 0.0937. The second-order valence-electron chi connectivity index (χ2n) is 5.90. The highest BCUT2D eigenvalue weighted by Crippen LogP contribution is 2.47. The predicted octanol–water partition coefficient (Wildman–Crippen LogP) is 1.71. The Labute approximate surface area is 113 Å². The van der Waals surface area contributed by atoms with Crippen molar-refractivity contribution in [2.24, 2.45) is 23.5 Å². The van der Waals surface area contributed by atoms with Gasteiger partial charge in [-0.15, -0.1) is 0 Å². The van der Waals surface area contributed by atoms with Gasteiger partial charge in [-0.1, -0.05) is 12.5 Å². The molecule has 2 fully saturated rings. The van der Waals surface area contributed by atoms with Gasteiger partial charge in [0.1, 0.15) is 5.69 Å². The summed E-state index contributed by atoms with van der Waals surface area (Å²) in [6.07, 6.45) is 7.10. The van der Waals surface area contributed by atoms with E-state index in [-0.39, 0.29) is 5.91 Å². The fraction of sp³-hybridized carbons (Fsp3) is 0.600. The first-order valence-corrected chi connectivity index (χ1v) is 7.19. The maximum atomic E-state index is 12.0. The summed E-state index contributed by atoms with van der Waals surface area (Å²) >= 11 is 0. The van der Waals surface area contributed by atoms with Crippen molar-refractivity contribution in [3.8, 4) is 0 Å². The predicted molar refractivity (Wildman–Crippen MR) is 73.4 cm³/mol. The number of nitrogens with zero attached hydrogens (tertiary/aromatic N) is 1. The summed E-state index contributed by atoms with van der Waals surface area (Å²) < 4.78 is 0. The Kier molecular flexibility index (Phi) is 3.51. The largest absolute Gasteiger partial charge is 0.350 e. The number of fused-ring (bicyclic) bond motifs is 2. The van der Waals surface area contributed by atoms with Crippen LogP contribution in [0.4, 0.5) is 0 Å². The standard InChI is InChI=1S/C15H21N3O/c16-7-11-2-4-14(17-8-11)15(19)18-9-13-6-10-1-3-12(13)5-10/h2,4,8,10,12-13H,1,3,5-7,9,16H2,(H,18,19). The smallest absolute Gasteiger partial charge is 0.269 e. The molecule has 3 atom stereocenters. The number of rotatable bonds is 4. The maximum absolute atomic E-state index is 12.0. The van der Waals surface area contributed by atoms with Crippen LogP contribution in [0.2, 0.25) is 0 Å². The summed E-state index contributed by atoms with van der Waals surface area (Å²) in [6.45, 7) is 1.26. The molecule has 2 saturated carbocycles. The van der Waals surface area contributed by atoms with Crippen molar-refractivity contribution in [2.45, 2.75) is 32.2 Å². The summed E-state index contributed by atoms with van der Waals surface area (Å²) in [6, 6.07) is 3.61. The molecule has 4 heteroatoms. The molecule has 2 aliphatic rings. The topological polar surface area (TPSA) is 68.0 Å². The molecule has 1 heterocycles. The average Bonchev–Trinajstić information content (AvgIpc) is 3.07. The van der Waals surface area contributed by atoms with Gasteiger partial charge in [-0.2, -0.15) is 0 Å². The molecule has 19 heavy (non-hydrogen) atoms. The Bertz CT molecular complexity index is 457. The van der Waals surface area contributed by atoms with Crippen molar-refractivity contribution in [3.05, 3.63) is 29.6 Å². The highest BCUT2D eigenvalue weighted by Gasteiger charge is 2.39. The first-order chi connectivity index (χ1) is 9.26. The van der Waals surface area contributed by atoms with Gasteiger partial charge in [0.15, 0.2) is 0 Å². The van der Waals surface area contributed by atoms with Crippen LogP contribution in [0.3, 0.4) is 0 Å². The highest BCUT2D eigenvalue weighted by atomic mass is 16.1. The number of nitrogens with one attached hydrogen (secondary N) is 1. The van der Waals surface area contributed by atoms with E-state index in [1.165, 1.54) is 25.7 Å². The molecule has 0 spiro atoms. The van der Waals surface area contributed by atoms with E-state index in [1.54, 1.807) is 12.3 Å². The zero-order chi connectivity index (χ0) is 13.2. The zero-order valence-electron chi connectivity index (χ0n) is 11.1. The van der Waals surface area contributed by atoms with Crippen molar-refractivity contribution in [1.29, 1.82) is 0 Å². The third kappa shape index (κ3) is 2.63. The van der Waals surface area contributed by atoms with Crippen LogP contribution < -0.4 is 11.1 Å². The SMILES string of the molecule is NCc1ccc(C(=O)NCC2CC3CCC2C3)nc1. The van der Waals surface area contributed by atoms with E-state index >= 15 is 0 Å². The summed E-state index contributed by atoms with van der Waals surface area (Å²) in [7, 11) is 0. The lowest BCUT2D eigenvalue weighted by Gasteiger charge is -2.21. The van der Waals surface area contributed by atoms with E-state index in [1.807, 2.05) is 6.07 Å². The van der Waals surface area contributed by atoms with Crippen LogP contribution in [0.25, 0.3) is 0 Å². The van der Waals surface area contributed by atoms with Crippen LogP contribution in [0.5, 0.6) is 0 Å². The molecule has 4 nitrogen and oxygen atoms in total. The number of aromatic nitrogens is 1. The van der Waals surface area contributed by atoms with Gasteiger partial charge in [0, 0.05) is 19.3 Å². The number of carbonyl (C=O) groups excluding carboxylic acids is 1. The van der Waals surface area contributed by atoms with Gasteiger partial charge >= 0.3 is 0 Å². The molecule has 0 radical (unpaired) electrons. The van der Waals surface area contributed by atoms with Gasteiger partial charge in [-0.05, 0) is 48.6 Å². The molecular weight excluding hydrogens is 238 g/mol. The fourth-order valence-electron chi connectivity index (χ4n) is 3.62. The molecule has 2 bridgehead atoms. The van der Waals surface area contributed by atoms with Crippen molar-refractivity contribution in [3.63, 3.8) is 0 Å². The molecule has 102 valence electrons. The molecule has 3 rings (SSSR count). The second-order valence-corrected chi connectivity index (χ2v) is 5.90. The summed E-state index contributed by atoms with van der Waals surface area (Å²) in [5.74, 6) is 2.39. The molecule has 3 N–H and O–H groups in total. The van der Waals surface area contributed by atoms with E-state index in [0.717, 1.165) is 23.9 Å². The number of nitrogens with two attached hydrogens (primary N) is 1. The molecule has 3 unspecified atom stereocenters. The van der Waals surface area contributed by atoms with Crippen molar-refractivity contribution in [1.82, 2.24) is 10.3 Å². The van der Waals surface area contributed by atoms with Gasteiger partial charge in [0.2, 0.25) is 0 Å². The maximum Gasteiger partial charge on any atom is 0.269 e. The zero-order valence-corrected chi connectivity index (χ0v) is 11.1. The van der Waals surface area contributed by atoms with Gasteiger partial charge in [0.05, 0.1) is 0 Å². The minimum absolute atomic E-state index is 0.0636. The van der Waals surface area contributed by atoms with Crippen molar-refractivity contribution >= 4 is 5.91 Å². The highest BCUT2D eigenvalue weighted by molar-refractivity contribution is 5.92. The molecular formula is C15H21N3O. The van der Waals surface area contributed by atoms with Gasteiger partial charge in [0.25, 0.3) is 5.91 Å². The minimum Gasteiger partial charge on any atom is -0.350 e. The Balaban J connectivity index is 1.53. The summed E-state index contributed by atoms with van der Waals surface area (Å²) in [5, 5.41) is 3.03. The lowest BCUT2D eigenvalue weighted by Crippen LogP contribution is -2.32. The number of hydrogen-bond acceptors (Lipinski definition) is 3. The normalized spacial score (nSPS) is 28.6. The van der Waals surface area contributed by atoms with Crippen LogP contribution in [0.15, 0.2) is 18.3 Å². The van der Waals surface area contributed by atoms with Crippen LogP contribution >= 0.6 is 0 Å². The molecule has 0 aliphatic heterocycles. The molecule has 0 saturated heterocycles. The molecule has 2 aliphatic carbocycles. The monoisotopic (exact) mass is 259 g/mol. The van der Waals surface area contributed by atoms with Gasteiger partial charge in [-0.3, -0.25) is 9.78 Å². The van der Waals surface area contributed by atoms with Gasteiger partial charge in [-0.25, -0.2) is 0 Å². The van der Waals surface area contributed by atoms with Crippen molar-refractivity contribution in [2.75, 3.05) is 6.54 Å². The third-order valence-corrected chi connectivity index (χ3v) is 4.70. The number of carbonyl (C=O) groups is 1. The second kappa shape index (κ2) is 5.29. The van der Waals surface area contributed by atoms with E-state index in [9.17, 15) is 4.79 Å². The van der Waals surface area contributed by atoms with Crippen LogP contribution in [0, 0.1) is 17.8 Å². The van der Waals surface area contributed by atoms with Crippen LogP contribution in [-0.4, -0.2) is 17.4 Å². The van der Waals surface area contributed by atoms with E-state index in [4.69, 9.17) is 5.73 Å². The Morgan fingerprint density at radius 2 is 2.26 bits per heavy atom. The molecule has 0 aromatic carbocycles. The van der Waals surface area contributed by atoms with Crippen LogP contribution in [-0.2, 0) is 6.54 Å². The number of pyridine rings is 1. The van der Waals surface area contributed by atoms with E-state index in [2.05, 4.69) is 10.3 Å². The van der Waals surface area contributed by atoms with Gasteiger partial charge < -0.3 is 11.1 Å². The molecule has 1 aromatic heterocycles. The average molecular weight is 259 g/mol. The first kappa shape index (κ1) is 12.6.